The number of piperazine rings is 1. The number of aliphatic hydroxyl groups excluding tert-OH is 1. The van der Waals surface area contributed by atoms with Gasteiger partial charge in [-0.1, -0.05) is 12.1 Å². The molecule has 0 spiro atoms. The summed E-state index contributed by atoms with van der Waals surface area (Å²) in [5.41, 5.74) is 1.06. The number of rotatable bonds is 6. The Bertz CT molecular complexity index is 418. The van der Waals surface area contributed by atoms with Crippen LogP contribution >= 0.6 is 0 Å². The summed E-state index contributed by atoms with van der Waals surface area (Å²) in [5.74, 6) is -0.212. The summed E-state index contributed by atoms with van der Waals surface area (Å²) in [4.78, 5) is 6.70. The molecule has 0 aromatic heterocycles. The Hall–Kier alpha value is -1.01. The average molecular weight is 295 g/mol. The number of aliphatic hydroxyl groups is 1. The van der Waals surface area contributed by atoms with Crippen molar-refractivity contribution < 1.29 is 9.50 Å². The van der Waals surface area contributed by atoms with Gasteiger partial charge in [0.2, 0.25) is 0 Å². The molecule has 0 radical (unpaired) electrons. The van der Waals surface area contributed by atoms with Gasteiger partial charge >= 0.3 is 0 Å². The van der Waals surface area contributed by atoms with E-state index in [2.05, 4.69) is 21.7 Å². The van der Waals surface area contributed by atoms with Crippen LogP contribution in [-0.4, -0.2) is 79.3 Å². The summed E-state index contributed by atoms with van der Waals surface area (Å²) in [6.07, 6.45) is -0.348. The van der Waals surface area contributed by atoms with E-state index in [-0.39, 0.29) is 11.9 Å². The number of hydrogen-bond acceptors (Lipinski definition) is 4. The molecule has 1 aromatic carbocycles. The van der Waals surface area contributed by atoms with E-state index in [0.717, 1.165) is 44.8 Å². The molecule has 2 rings (SSSR count). The summed E-state index contributed by atoms with van der Waals surface area (Å²) in [6.45, 7) is 6.26. The fraction of sp³-hybridized carbons (Fsp3) is 0.625. The molecule has 0 saturated carbocycles. The first-order valence-electron chi connectivity index (χ1n) is 7.55. The van der Waals surface area contributed by atoms with Gasteiger partial charge in [-0.25, -0.2) is 4.39 Å². The molecule has 1 fully saturated rings. The molecule has 1 aliphatic heterocycles. The molecule has 1 aliphatic rings. The first-order chi connectivity index (χ1) is 10.0. The molecule has 5 heteroatoms. The summed E-state index contributed by atoms with van der Waals surface area (Å²) >= 11 is 0. The van der Waals surface area contributed by atoms with E-state index >= 15 is 0 Å². The van der Waals surface area contributed by atoms with E-state index in [1.54, 1.807) is 12.1 Å². The van der Waals surface area contributed by atoms with Gasteiger partial charge in [0.1, 0.15) is 5.82 Å². The Morgan fingerprint density at radius 2 is 1.81 bits per heavy atom. The van der Waals surface area contributed by atoms with Gasteiger partial charge in [0, 0.05) is 45.8 Å². The van der Waals surface area contributed by atoms with Crippen molar-refractivity contribution in [2.45, 2.75) is 12.6 Å². The first-order valence-corrected chi connectivity index (χ1v) is 7.55. The molecular weight excluding hydrogens is 269 g/mol. The molecule has 21 heavy (non-hydrogen) atoms. The van der Waals surface area contributed by atoms with Crippen molar-refractivity contribution in [2.75, 3.05) is 53.4 Å². The molecule has 1 unspecified atom stereocenters. The minimum atomic E-state index is -0.348. The van der Waals surface area contributed by atoms with E-state index < -0.39 is 0 Å². The smallest absolute Gasteiger partial charge is 0.123 e. The quantitative estimate of drug-likeness (QED) is 0.843. The molecule has 1 N–H and O–H groups in total. The van der Waals surface area contributed by atoms with E-state index in [9.17, 15) is 9.50 Å². The molecule has 1 atom stereocenters. The van der Waals surface area contributed by atoms with Crippen LogP contribution in [0.2, 0.25) is 0 Å². The van der Waals surface area contributed by atoms with E-state index in [1.807, 2.05) is 7.05 Å². The van der Waals surface area contributed by atoms with Crippen LogP contribution in [0.3, 0.4) is 0 Å². The number of benzene rings is 1. The molecule has 1 aromatic rings. The molecule has 0 aliphatic carbocycles. The second kappa shape index (κ2) is 7.84. The molecule has 1 saturated heterocycles. The fourth-order valence-corrected chi connectivity index (χ4v) is 2.71. The van der Waals surface area contributed by atoms with Crippen molar-refractivity contribution in [1.82, 2.24) is 14.7 Å². The molecule has 0 amide bonds. The summed E-state index contributed by atoms with van der Waals surface area (Å²) in [7, 11) is 4.11. The standard InChI is InChI=1S/C16H26FN3O/c1-18-7-9-20(10-8-18)13-16(21)12-19(2)11-14-3-5-15(17)6-4-14/h3-6,16,21H,7-13H2,1-2H3. The first kappa shape index (κ1) is 16.4. The molecular formula is C16H26FN3O. The van der Waals surface area contributed by atoms with Crippen LogP contribution in [0, 0.1) is 5.82 Å². The Morgan fingerprint density at radius 3 is 2.43 bits per heavy atom. The van der Waals surface area contributed by atoms with E-state index in [1.165, 1.54) is 12.1 Å². The molecule has 4 nitrogen and oxygen atoms in total. The van der Waals surface area contributed by atoms with Crippen molar-refractivity contribution >= 4 is 0 Å². The van der Waals surface area contributed by atoms with Crippen LogP contribution in [0.1, 0.15) is 5.56 Å². The van der Waals surface area contributed by atoms with Crippen LogP contribution in [0.4, 0.5) is 4.39 Å². The summed E-state index contributed by atoms with van der Waals surface area (Å²) in [5, 5.41) is 10.2. The maximum Gasteiger partial charge on any atom is 0.123 e. The van der Waals surface area contributed by atoms with E-state index in [4.69, 9.17) is 0 Å². The van der Waals surface area contributed by atoms with Gasteiger partial charge in [-0.2, -0.15) is 0 Å². The van der Waals surface area contributed by atoms with Crippen LogP contribution in [0.25, 0.3) is 0 Å². The van der Waals surface area contributed by atoms with E-state index in [0.29, 0.717) is 6.54 Å². The monoisotopic (exact) mass is 295 g/mol. The lowest BCUT2D eigenvalue weighted by atomic mass is 10.2. The third kappa shape index (κ3) is 5.71. The van der Waals surface area contributed by atoms with Crippen LogP contribution in [0.15, 0.2) is 24.3 Å². The van der Waals surface area contributed by atoms with Gasteiger partial charge in [0.15, 0.2) is 0 Å². The highest BCUT2D eigenvalue weighted by molar-refractivity contribution is 5.15. The lowest BCUT2D eigenvalue weighted by Gasteiger charge is -2.34. The summed E-state index contributed by atoms with van der Waals surface area (Å²) in [6, 6.07) is 6.53. The maximum atomic E-state index is 12.9. The van der Waals surface area contributed by atoms with Gasteiger partial charge in [-0.15, -0.1) is 0 Å². The van der Waals surface area contributed by atoms with Crippen molar-refractivity contribution in [3.05, 3.63) is 35.6 Å². The second-order valence-corrected chi connectivity index (χ2v) is 6.08. The topological polar surface area (TPSA) is 30.0 Å². The Morgan fingerprint density at radius 1 is 1.19 bits per heavy atom. The molecule has 1 heterocycles. The molecule has 118 valence electrons. The Labute approximate surface area is 126 Å². The highest BCUT2D eigenvalue weighted by Crippen LogP contribution is 2.07. The predicted octanol–water partition coefficient (Wildman–Crippen LogP) is 0.866. The predicted molar refractivity (Wildman–Crippen MR) is 82.7 cm³/mol. The Balaban J connectivity index is 1.71. The van der Waals surface area contributed by atoms with Gasteiger partial charge < -0.3 is 10.0 Å². The number of β-amino-alcohol motifs (C(OH)–C–C–N with tert-alkyl or cyclic N) is 1. The second-order valence-electron chi connectivity index (χ2n) is 6.08. The zero-order valence-electron chi connectivity index (χ0n) is 13.0. The normalized spacial score (nSPS) is 19.1. The fourth-order valence-electron chi connectivity index (χ4n) is 2.71. The number of hydrogen-bond donors (Lipinski definition) is 1. The third-order valence-corrected chi connectivity index (χ3v) is 3.95. The number of halogens is 1. The van der Waals surface area contributed by atoms with Crippen molar-refractivity contribution in [2.24, 2.45) is 0 Å². The number of nitrogens with zero attached hydrogens (tertiary/aromatic N) is 3. The number of likely N-dealkylation sites (N-methyl/N-ethyl adjacent to an activating group) is 2. The minimum absolute atomic E-state index is 0.212. The Kier molecular flexibility index (Phi) is 6.11. The van der Waals surface area contributed by atoms with Gasteiger partial charge in [0.25, 0.3) is 0 Å². The van der Waals surface area contributed by atoms with Gasteiger partial charge in [0.05, 0.1) is 6.10 Å². The zero-order valence-corrected chi connectivity index (χ0v) is 13.0. The van der Waals surface area contributed by atoms with Crippen LogP contribution in [0.5, 0.6) is 0 Å². The van der Waals surface area contributed by atoms with Crippen molar-refractivity contribution in [3.63, 3.8) is 0 Å². The lowest BCUT2D eigenvalue weighted by molar-refractivity contribution is 0.0594. The zero-order chi connectivity index (χ0) is 15.2. The summed E-state index contributed by atoms with van der Waals surface area (Å²) < 4.78 is 12.9. The minimum Gasteiger partial charge on any atom is -0.390 e. The van der Waals surface area contributed by atoms with Crippen molar-refractivity contribution in [3.8, 4) is 0 Å². The average Bonchev–Trinajstić information content (AvgIpc) is 2.44. The van der Waals surface area contributed by atoms with Crippen molar-refractivity contribution in [1.29, 1.82) is 0 Å². The SMILES string of the molecule is CN1CCN(CC(O)CN(C)Cc2ccc(F)cc2)CC1. The van der Waals surface area contributed by atoms with Gasteiger partial charge in [-0.3, -0.25) is 9.80 Å². The van der Waals surface area contributed by atoms with Gasteiger partial charge in [-0.05, 0) is 31.8 Å². The highest BCUT2D eigenvalue weighted by atomic mass is 19.1. The maximum absolute atomic E-state index is 12.9. The lowest BCUT2D eigenvalue weighted by Crippen LogP contribution is -2.48. The highest BCUT2D eigenvalue weighted by Gasteiger charge is 2.17. The molecule has 0 bridgehead atoms. The largest absolute Gasteiger partial charge is 0.390 e. The third-order valence-electron chi connectivity index (χ3n) is 3.95. The van der Waals surface area contributed by atoms with Crippen LogP contribution < -0.4 is 0 Å². The van der Waals surface area contributed by atoms with Crippen LogP contribution in [-0.2, 0) is 6.54 Å².